The van der Waals surface area contributed by atoms with E-state index in [2.05, 4.69) is 26.7 Å². The number of amides is 1. The topological polar surface area (TPSA) is 58.6 Å². The standard InChI is InChI=1S/C23H30N4O2/c1-17-8-6-7-11-20(17)29-22-14-21(24-16-25-22)26-12-13-27(18(2)15-26)23(28)19-9-4-3-5-10-19/h6-8,11,14,16,18-19H,3-5,9-10,12-13,15H2,1-2H3. The highest BCUT2D eigenvalue weighted by Crippen LogP contribution is 2.29. The number of hydrogen-bond donors (Lipinski definition) is 0. The Balaban J connectivity index is 1.41. The molecule has 1 unspecified atom stereocenters. The van der Waals surface area contributed by atoms with Crippen molar-refractivity contribution in [2.45, 2.75) is 52.0 Å². The molecule has 1 aromatic carbocycles. The van der Waals surface area contributed by atoms with Crippen molar-refractivity contribution >= 4 is 11.7 Å². The Hall–Kier alpha value is -2.63. The summed E-state index contributed by atoms with van der Waals surface area (Å²) in [4.78, 5) is 26.0. The van der Waals surface area contributed by atoms with E-state index < -0.39 is 0 Å². The number of ether oxygens (including phenoxy) is 1. The van der Waals surface area contributed by atoms with Crippen LogP contribution in [0.2, 0.25) is 0 Å². The number of piperazine rings is 1. The third kappa shape index (κ3) is 4.52. The van der Waals surface area contributed by atoms with Crippen molar-refractivity contribution in [1.29, 1.82) is 0 Å². The van der Waals surface area contributed by atoms with Gasteiger partial charge in [0.25, 0.3) is 0 Å². The second kappa shape index (κ2) is 8.80. The number of rotatable bonds is 4. The summed E-state index contributed by atoms with van der Waals surface area (Å²) in [7, 11) is 0. The van der Waals surface area contributed by atoms with E-state index >= 15 is 0 Å². The van der Waals surface area contributed by atoms with Gasteiger partial charge in [0.15, 0.2) is 0 Å². The molecule has 6 nitrogen and oxygen atoms in total. The Kier molecular flexibility index (Phi) is 5.97. The zero-order chi connectivity index (χ0) is 20.2. The molecule has 1 atom stereocenters. The summed E-state index contributed by atoms with van der Waals surface area (Å²) >= 11 is 0. The average molecular weight is 395 g/mol. The number of aryl methyl sites for hydroxylation is 1. The first kappa shape index (κ1) is 19.7. The summed E-state index contributed by atoms with van der Waals surface area (Å²) in [5.41, 5.74) is 1.07. The van der Waals surface area contributed by atoms with Crippen LogP contribution in [0.15, 0.2) is 36.7 Å². The Morgan fingerprint density at radius 1 is 1.10 bits per heavy atom. The molecule has 2 heterocycles. The maximum absolute atomic E-state index is 13.0. The predicted molar refractivity (Wildman–Crippen MR) is 113 cm³/mol. The van der Waals surface area contributed by atoms with E-state index in [4.69, 9.17) is 4.74 Å². The fourth-order valence-corrected chi connectivity index (χ4v) is 4.42. The van der Waals surface area contributed by atoms with E-state index in [1.807, 2.05) is 37.3 Å². The van der Waals surface area contributed by atoms with Crippen LogP contribution in [0.25, 0.3) is 0 Å². The lowest BCUT2D eigenvalue weighted by Crippen LogP contribution is -2.55. The fourth-order valence-electron chi connectivity index (χ4n) is 4.42. The molecule has 0 spiro atoms. The smallest absolute Gasteiger partial charge is 0.226 e. The molecule has 1 aliphatic carbocycles. The lowest BCUT2D eigenvalue weighted by atomic mass is 9.88. The van der Waals surface area contributed by atoms with Gasteiger partial charge >= 0.3 is 0 Å². The number of hydrogen-bond acceptors (Lipinski definition) is 5. The van der Waals surface area contributed by atoms with Crippen molar-refractivity contribution in [2.24, 2.45) is 5.92 Å². The molecule has 1 saturated heterocycles. The Morgan fingerprint density at radius 2 is 1.90 bits per heavy atom. The highest BCUT2D eigenvalue weighted by Gasteiger charge is 2.32. The van der Waals surface area contributed by atoms with Crippen molar-refractivity contribution in [3.63, 3.8) is 0 Å². The molecular formula is C23H30N4O2. The van der Waals surface area contributed by atoms with Crippen LogP contribution in [0, 0.1) is 12.8 Å². The van der Waals surface area contributed by atoms with E-state index in [1.165, 1.54) is 19.3 Å². The van der Waals surface area contributed by atoms with E-state index in [9.17, 15) is 4.79 Å². The van der Waals surface area contributed by atoms with Gasteiger partial charge in [0.2, 0.25) is 11.8 Å². The van der Waals surface area contributed by atoms with Gasteiger partial charge in [-0.2, -0.15) is 0 Å². The number of benzene rings is 1. The lowest BCUT2D eigenvalue weighted by molar-refractivity contribution is -0.139. The van der Waals surface area contributed by atoms with Gasteiger partial charge in [-0.15, -0.1) is 0 Å². The molecule has 2 aromatic rings. The first-order valence-electron chi connectivity index (χ1n) is 10.7. The van der Waals surface area contributed by atoms with Gasteiger partial charge in [0.1, 0.15) is 17.9 Å². The monoisotopic (exact) mass is 394 g/mol. The third-order valence-corrected chi connectivity index (χ3v) is 6.12. The van der Waals surface area contributed by atoms with Crippen LogP contribution in [0.4, 0.5) is 5.82 Å². The summed E-state index contributed by atoms with van der Waals surface area (Å²) in [5, 5.41) is 0. The van der Waals surface area contributed by atoms with E-state index in [0.29, 0.717) is 11.8 Å². The maximum atomic E-state index is 13.0. The number of anilines is 1. The molecule has 0 N–H and O–H groups in total. The van der Waals surface area contributed by atoms with Crippen molar-refractivity contribution in [2.75, 3.05) is 24.5 Å². The van der Waals surface area contributed by atoms with E-state index in [-0.39, 0.29) is 12.0 Å². The minimum absolute atomic E-state index is 0.175. The molecule has 29 heavy (non-hydrogen) atoms. The molecule has 6 heteroatoms. The summed E-state index contributed by atoms with van der Waals surface area (Å²) in [5.74, 6) is 2.76. The van der Waals surface area contributed by atoms with Crippen molar-refractivity contribution in [3.8, 4) is 11.6 Å². The molecule has 1 aromatic heterocycles. The number of carbonyl (C=O) groups excluding carboxylic acids is 1. The average Bonchev–Trinajstić information content (AvgIpc) is 2.76. The van der Waals surface area contributed by atoms with Crippen LogP contribution >= 0.6 is 0 Å². The van der Waals surface area contributed by atoms with Gasteiger partial charge < -0.3 is 14.5 Å². The van der Waals surface area contributed by atoms with Gasteiger partial charge in [-0.25, -0.2) is 9.97 Å². The summed E-state index contributed by atoms with van der Waals surface area (Å²) < 4.78 is 5.96. The third-order valence-electron chi connectivity index (χ3n) is 6.12. The van der Waals surface area contributed by atoms with Crippen molar-refractivity contribution in [1.82, 2.24) is 14.9 Å². The predicted octanol–water partition coefficient (Wildman–Crippen LogP) is 4.19. The molecule has 1 amide bonds. The van der Waals surface area contributed by atoms with Crippen LogP contribution in [-0.2, 0) is 4.79 Å². The second-order valence-electron chi connectivity index (χ2n) is 8.24. The number of para-hydroxylation sites is 1. The molecular weight excluding hydrogens is 364 g/mol. The number of carbonyl (C=O) groups is 1. The molecule has 4 rings (SSSR count). The first-order valence-corrected chi connectivity index (χ1v) is 10.7. The Labute approximate surface area is 172 Å². The fraction of sp³-hybridized carbons (Fsp3) is 0.522. The van der Waals surface area contributed by atoms with Crippen LogP contribution in [-0.4, -0.2) is 46.5 Å². The van der Waals surface area contributed by atoms with Gasteiger partial charge in [0.05, 0.1) is 0 Å². The maximum Gasteiger partial charge on any atom is 0.226 e. The Bertz CT molecular complexity index is 850. The molecule has 154 valence electrons. The molecule has 0 radical (unpaired) electrons. The molecule has 2 aliphatic rings. The first-order chi connectivity index (χ1) is 14.1. The van der Waals surface area contributed by atoms with Gasteiger partial charge in [-0.1, -0.05) is 37.5 Å². The zero-order valence-electron chi connectivity index (χ0n) is 17.4. The number of aromatic nitrogens is 2. The Morgan fingerprint density at radius 3 is 2.66 bits per heavy atom. The van der Waals surface area contributed by atoms with Gasteiger partial charge in [-0.05, 0) is 38.3 Å². The molecule has 1 aliphatic heterocycles. The molecule has 2 fully saturated rings. The zero-order valence-corrected chi connectivity index (χ0v) is 17.4. The highest BCUT2D eigenvalue weighted by molar-refractivity contribution is 5.79. The minimum Gasteiger partial charge on any atom is -0.439 e. The highest BCUT2D eigenvalue weighted by atomic mass is 16.5. The quantitative estimate of drug-likeness (QED) is 0.778. The van der Waals surface area contributed by atoms with Crippen LogP contribution < -0.4 is 9.64 Å². The summed E-state index contributed by atoms with van der Waals surface area (Å²) in [6.45, 7) is 6.46. The molecule has 1 saturated carbocycles. The van der Waals surface area contributed by atoms with Gasteiger partial charge in [-0.3, -0.25) is 4.79 Å². The second-order valence-corrected chi connectivity index (χ2v) is 8.24. The summed E-state index contributed by atoms with van der Waals surface area (Å²) in [6.07, 6.45) is 7.31. The van der Waals surface area contributed by atoms with Crippen LogP contribution in [0.5, 0.6) is 11.6 Å². The van der Waals surface area contributed by atoms with Crippen LogP contribution in [0.1, 0.15) is 44.6 Å². The molecule has 0 bridgehead atoms. The normalized spacial score (nSPS) is 20.6. The summed E-state index contributed by atoms with van der Waals surface area (Å²) in [6, 6.07) is 9.96. The lowest BCUT2D eigenvalue weighted by Gasteiger charge is -2.42. The van der Waals surface area contributed by atoms with Crippen molar-refractivity contribution in [3.05, 3.63) is 42.2 Å². The number of nitrogens with zero attached hydrogens (tertiary/aromatic N) is 4. The SMILES string of the molecule is Cc1ccccc1Oc1cc(N2CCN(C(=O)C3CCCCC3)C(C)C2)ncn1. The van der Waals surface area contributed by atoms with Crippen molar-refractivity contribution < 1.29 is 9.53 Å². The minimum atomic E-state index is 0.175. The van der Waals surface area contributed by atoms with E-state index in [0.717, 1.165) is 49.6 Å². The van der Waals surface area contributed by atoms with Crippen LogP contribution in [0.3, 0.4) is 0 Å². The van der Waals surface area contributed by atoms with Gasteiger partial charge in [0, 0.05) is 37.7 Å². The van der Waals surface area contributed by atoms with E-state index in [1.54, 1.807) is 6.33 Å². The largest absolute Gasteiger partial charge is 0.439 e.